The molecule has 1 rings (SSSR count). The molecule has 4 nitrogen and oxygen atoms in total. The van der Waals surface area contributed by atoms with E-state index in [4.69, 9.17) is 11.6 Å². The quantitative estimate of drug-likeness (QED) is 0.768. The van der Waals surface area contributed by atoms with Crippen LogP contribution in [0.4, 0.5) is 4.39 Å². The second kappa shape index (κ2) is 6.30. The van der Waals surface area contributed by atoms with Crippen molar-refractivity contribution in [1.82, 2.24) is 10.0 Å². The fourth-order valence-corrected chi connectivity index (χ4v) is 1.80. The van der Waals surface area contributed by atoms with Crippen LogP contribution in [-0.2, 0) is 16.6 Å². The molecule has 0 aliphatic heterocycles. The van der Waals surface area contributed by atoms with Crippen LogP contribution >= 0.6 is 11.6 Å². The van der Waals surface area contributed by atoms with Crippen LogP contribution in [0.1, 0.15) is 5.56 Å². The van der Waals surface area contributed by atoms with E-state index in [2.05, 4.69) is 10.0 Å². The maximum Gasteiger partial charge on any atom is 0.208 e. The topological polar surface area (TPSA) is 58.2 Å². The smallest absolute Gasteiger partial charge is 0.208 e. The molecule has 0 saturated carbocycles. The van der Waals surface area contributed by atoms with Gasteiger partial charge in [-0.25, -0.2) is 17.5 Å². The molecule has 1 aromatic carbocycles. The van der Waals surface area contributed by atoms with Crippen molar-refractivity contribution in [3.63, 3.8) is 0 Å². The Morgan fingerprint density at radius 3 is 2.65 bits per heavy atom. The molecule has 0 aromatic heterocycles. The lowest BCUT2D eigenvalue weighted by Crippen LogP contribution is -2.30. The average molecular weight is 281 g/mol. The van der Waals surface area contributed by atoms with Crippen molar-refractivity contribution in [2.45, 2.75) is 6.54 Å². The molecule has 0 heterocycles. The highest BCUT2D eigenvalue weighted by atomic mass is 35.5. The van der Waals surface area contributed by atoms with Gasteiger partial charge in [0.2, 0.25) is 10.0 Å². The minimum absolute atomic E-state index is 0.0903. The summed E-state index contributed by atoms with van der Waals surface area (Å²) in [6.07, 6.45) is 1.10. The Kier molecular flexibility index (Phi) is 5.32. The van der Waals surface area contributed by atoms with Gasteiger partial charge in [-0.1, -0.05) is 17.7 Å². The molecule has 96 valence electrons. The van der Waals surface area contributed by atoms with E-state index in [-0.39, 0.29) is 5.02 Å². The third-order valence-electron chi connectivity index (χ3n) is 1.98. The van der Waals surface area contributed by atoms with Crippen LogP contribution in [0.25, 0.3) is 0 Å². The molecule has 0 aliphatic rings. The van der Waals surface area contributed by atoms with Crippen LogP contribution in [0.2, 0.25) is 5.02 Å². The summed E-state index contributed by atoms with van der Waals surface area (Å²) in [5.41, 5.74) is 0.756. The number of sulfonamides is 1. The molecule has 0 bridgehead atoms. The maximum absolute atomic E-state index is 13.1. The summed E-state index contributed by atoms with van der Waals surface area (Å²) in [6.45, 7) is 1.23. The van der Waals surface area contributed by atoms with Gasteiger partial charge in [-0.05, 0) is 17.7 Å². The summed E-state index contributed by atoms with van der Waals surface area (Å²) in [5.74, 6) is -0.458. The molecule has 0 atom stereocenters. The van der Waals surface area contributed by atoms with E-state index in [1.165, 1.54) is 12.1 Å². The molecule has 0 amide bonds. The Labute approximate surface area is 105 Å². The molecule has 17 heavy (non-hydrogen) atoms. The van der Waals surface area contributed by atoms with Gasteiger partial charge in [-0.2, -0.15) is 0 Å². The third kappa shape index (κ3) is 5.97. The molecular weight excluding hydrogens is 267 g/mol. The number of halogens is 2. The Balaban J connectivity index is 2.29. The highest BCUT2D eigenvalue weighted by Crippen LogP contribution is 2.15. The normalized spacial score (nSPS) is 11.7. The molecule has 2 N–H and O–H groups in total. The molecule has 0 aliphatic carbocycles. The minimum atomic E-state index is -3.15. The van der Waals surface area contributed by atoms with Crippen molar-refractivity contribution in [1.29, 1.82) is 0 Å². The second-order valence-electron chi connectivity index (χ2n) is 3.59. The van der Waals surface area contributed by atoms with Crippen molar-refractivity contribution < 1.29 is 12.8 Å². The SMILES string of the molecule is CS(=O)(=O)NCCNCc1ccc(Cl)c(F)c1. The van der Waals surface area contributed by atoms with E-state index in [1.54, 1.807) is 6.07 Å². The van der Waals surface area contributed by atoms with Gasteiger partial charge in [0.15, 0.2) is 0 Å². The first kappa shape index (κ1) is 14.4. The number of rotatable bonds is 6. The van der Waals surface area contributed by atoms with E-state index in [9.17, 15) is 12.8 Å². The zero-order valence-corrected chi connectivity index (χ0v) is 10.9. The van der Waals surface area contributed by atoms with Gasteiger partial charge >= 0.3 is 0 Å². The van der Waals surface area contributed by atoms with Crippen molar-refractivity contribution in [2.75, 3.05) is 19.3 Å². The van der Waals surface area contributed by atoms with Crippen molar-refractivity contribution >= 4 is 21.6 Å². The predicted molar refractivity (Wildman–Crippen MR) is 66.0 cm³/mol. The lowest BCUT2D eigenvalue weighted by Gasteiger charge is -2.06. The molecule has 0 saturated heterocycles. The molecule has 0 unspecified atom stereocenters. The molecule has 1 aromatic rings. The fraction of sp³-hybridized carbons (Fsp3) is 0.400. The summed E-state index contributed by atoms with van der Waals surface area (Å²) in [6, 6.07) is 4.55. The van der Waals surface area contributed by atoms with Gasteiger partial charge < -0.3 is 5.32 Å². The van der Waals surface area contributed by atoms with E-state index in [0.717, 1.165) is 11.8 Å². The first-order valence-corrected chi connectivity index (χ1v) is 7.25. The Hall–Kier alpha value is -0.690. The number of hydrogen-bond acceptors (Lipinski definition) is 3. The standard InChI is InChI=1S/C10H14ClFN2O2S/c1-17(15,16)14-5-4-13-7-8-2-3-9(11)10(12)6-8/h2-3,6,13-14H,4-5,7H2,1H3. The van der Waals surface area contributed by atoms with Crippen LogP contribution in [0.5, 0.6) is 0 Å². The maximum atomic E-state index is 13.1. The summed E-state index contributed by atoms with van der Waals surface area (Å²) >= 11 is 5.54. The Morgan fingerprint density at radius 1 is 1.35 bits per heavy atom. The predicted octanol–water partition coefficient (Wildman–Crippen LogP) is 1.12. The lowest BCUT2D eigenvalue weighted by atomic mass is 10.2. The summed E-state index contributed by atoms with van der Waals surface area (Å²) < 4.78 is 36.9. The van der Waals surface area contributed by atoms with Gasteiger partial charge in [-0.15, -0.1) is 0 Å². The van der Waals surface area contributed by atoms with Gasteiger partial charge in [0.1, 0.15) is 5.82 Å². The molecule has 0 radical (unpaired) electrons. The van der Waals surface area contributed by atoms with Gasteiger partial charge in [0.05, 0.1) is 11.3 Å². The largest absolute Gasteiger partial charge is 0.311 e. The van der Waals surface area contributed by atoms with Gasteiger partial charge in [-0.3, -0.25) is 0 Å². The fourth-order valence-electron chi connectivity index (χ4n) is 1.21. The molecule has 0 spiro atoms. The molecular formula is C10H14ClFN2O2S. The van der Waals surface area contributed by atoms with Crippen LogP contribution < -0.4 is 10.0 Å². The molecule has 0 fully saturated rings. The lowest BCUT2D eigenvalue weighted by molar-refractivity contribution is 0.581. The number of nitrogens with one attached hydrogen (secondary N) is 2. The van der Waals surface area contributed by atoms with Gasteiger partial charge in [0, 0.05) is 19.6 Å². The Morgan fingerprint density at radius 2 is 2.06 bits per heavy atom. The van der Waals surface area contributed by atoms with Crippen molar-refractivity contribution in [2.24, 2.45) is 0 Å². The second-order valence-corrected chi connectivity index (χ2v) is 5.83. The van der Waals surface area contributed by atoms with Crippen LogP contribution in [0, 0.1) is 5.82 Å². The van der Waals surface area contributed by atoms with E-state index >= 15 is 0 Å². The van der Waals surface area contributed by atoms with E-state index in [0.29, 0.717) is 19.6 Å². The van der Waals surface area contributed by atoms with Crippen molar-refractivity contribution in [3.8, 4) is 0 Å². The highest BCUT2D eigenvalue weighted by molar-refractivity contribution is 7.88. The monoisotopic (exact) mass is 280 g/mol. The molecule has 7 heteroatoms. The number of hydrogen-bond donors (Lipinski definition) is 2. The van der Waals surface area contributed by atoms with Crippen LogP contribution in [0.15, 0.2) is 18.2 Å². The summed E-state index contributed by atoms with van der Waals surface area (Å²) in [7, 11) is -3.15. The first-order chi connectivity index (χ1) is 7.88. The Bertz CT molecular complexity index is 479. The summed E-state index contributed by atoms with van der Waals surface area (Å²) in [4.78, 5) is 0. The van der Waals surface area contributed by atoms with Crippen molar-refractivity contribution in [3.05, 3.63) is 34.6 Å². The highest BCUT2D eigenvalue weighted by Gasteiger charge is 2.01. The first-order valence-electron chi connectivity index (χ1n) is 4.98. The minimum Gasteiger partial charge on any atom is -0.311 e. The number of benzene rings is 1. The van der Waals surface area contributed by atoms with E-state index in [1.807, 2.05) is 0 Å². The van der Waals surface area contributed by atoms with Crippen LogP contribution in [-0.4, -0.2) is 27.8 Å². The summed E-state index contributed by atoms with van der Waals surface area (Å²) in [5, 5.41) is 3.07. The zero-order chi connectivity index (χ0) is 12.9. The zero-order valence-electron chi connectivity index (χ0n) is 9.33. The third-order valence-corrected chi connectivity index (χ3v) is 3.01. The van der Waals surface area contributed by atoms with Crippen LogP contribution in [0.3, 0.4) is 0 Å². The average Bonchev–Trinajstić information content (AvgIpc) is 2.21. The van der Waals surface area contributed by atoms with Gasteiger partial charge in [0.25, 0.3) is 0 Å². The van der Waals surface area contributed by atoms with E-state index < -0.39 is 15.8 Å².